The summed E-state index contributed by atoms with van der Waals surface area (Å²) in [5, 5.41) is 1.71. The molecule has 8 nitrogen and oxygen atoms in total. The average molecular weight is 250 g/mol. The van der Waals surface area contributed by atoms with Gasteiger partial charge in [0.2, 0.25) is 0 Å². The van der Waals surface area contributed by atoms with E-state index in [0.717, 1.165) is 0 Å². The van der Waals surface area contributed by atoms with E-state index in [1.807, 2.05) is 0 Å². The number of carbonyl (C=O) groups excluding carboxylic acids is 3. The number of carbonyl (C=O) groups is 3. The third-order valence-corrected chi connectivity index (χ3v) is 3.65. The van der Waals surface area contributed by atoms with Crippen molar-refractivity contribution in [2.45, 2.75) is 13.8 Å². The van der Waals surface area contributed by atoms with E-state index >= 15 is 0 Å². The monoisotopic (exact) mass is 250 g/mol. The minimum absolute atomic E-state index is 0.0253. The molecule has 90 valence electrons. The Kier molecular flexibility index (Phi) is 3.79. The molecule has 1 N–H and O–H groups in total. The lowest BCUT2D eigenvalue weighted by Gasteiger charge is -2.22. The van der Waals surface area contributed by atoms with Gasteiger partial charge in [-0.1, -0.05) is 0 Å². The van der Waals surface area contributed by atoms with Gasteiger partial charge in [-0.25, -0.2) is 9.36 Å². The van der Waals surface area contributed by atoms with Gasteiger partial charge in [-0.2, -0.15) is 4.67 Å². The number of nitrogens with one attached hydrogen (secondary N) is 1. The van der Waals surface area contributed by atoms with Crippen LogP contribution in [-0.2, 0) is 23.2 Å². The molecule has 0 radical (unpaired) electrons. The summed E-state index contributed by atoms with van der Waals surface area (Å²) in [6.45, 7) is 2.99. The van der Waals surface area contributed by atoms with Gasteiger partial charge in [0.05, 0.1) is 13.2 Å². The van der Waals surface area contributed by atoms with Crippen LogP contribution in [0.5, 0.6) is 0 Å². The zero-order valence-corrected chi connectivity index (χ0v) is 9.65. The lowest BCUT2D eigenvalue weighted by Crippen LogP contribution is -2.30. The van der Waals surface area contributed by atoms with Crippen molar-refractivity contribution in [1.29, 1.82) is 0 Å². The average Bonchev–Trinajstić information content (AvgIpc) is 2.42. The SMILES string of the molecule is CCOP(=O)(OCC)N1C(=O)NC(=O)C1=O. The lowest BCUT2D eigenvalue weighted by molar-refractivity contribution is -0.138. The molecular formula is C7H11N2O6P. The van der Waals surface area contributed by atoms with E-state index in [2.05, 4.69) is 0 Å². The second-order valence-corrected chi connectivity index (χ2v) is 4.53. The molecule has 1 fully saturated rings. The summed E-state index contributed by atoms with van der Waals surface area (Å²) >= 11 is 0. The third-order valence-electron chi connectivity index (χ3n) is 1.63. The highest BCUT2D eigenvalue weighted by atomic mass is 31.2. The third kappa shape index (κ3) is 2.13. The Morgan fingerprint density at radius 2 is 1.69 bits per heavy atom. The van der Waals surface area contributed by atoms with Crippen LogP contribution in [0.2, 0.25) is 0 Å². The molecule has 0 spiro atoms. The molecule has 1 aliphatic heterocycles. The van der Waals surface area contributed by atoms with Gasteiger partial charge in [0.25, 0.3) is 0 Å². The van der Waals surface area contributed by atoms with E-state index in [1.54, 1.807) is 5.32 Å². The van der Waals surface area contributed by atoms with Crippen molar-refractivity contribution in [1.82, 2.24) is 9.99 Å². The van der Waals surface area contributed by atoms with Gasteiger partial charge >= 0.3 is 25.6 Å². The number of amides is 4. The molecule has 0 bridgehead atoms. The topological polar surface area (TPSA) is 102 Å². The summed E-state index contributed by atoms with van der Waals surface area (Å²) in [5.74, 6) is -2.39. The summed E-state index contributed by atoms with van der Waals surface area (Å²) in [5.41, 5.74) is 0. The van der Waals surface area contributed by atoms with Gasteiger partial charge in [-0.3, -0.25) is 24.0 Å². The normalized spacial score (nSPS) is 16.9. The maximum Gasteiger partial charge on any atom is 0.446 e. The zero-order valence-electron chi connectivity index (χ0n) is 8.76. The molecule has 0 aliphatic carbocycles. The minimum Gasteiger partial charge on any atom is -0.292 e. The molecular weight excluding hydrogens is 239 g/mol. The van der Waals surface area contributed by atoms with Crippen molar-refractivity contribution < 1.29 is 28.0 Å². The van der Waals surface area contributed by atoms with Crippen molar-refractivity contribution in [3.63, 3.8) is 0 Å². The summed E-state index contributed by atoms with van der Waals surface area (Å²) in [4.78, 5) is 33.4. The quantitative estimate of drug-likeness (QED) is 0.426. The predicted molar refractivity (Wildman–Crippen MR) is 51.2 cm³/mol. The molecule has 1 saturated heterocycles. The van der Waals surface area contributed by atoms with E-state index in [4.69, 9.17) is 9.05 Å². The first-order valence-corrected chi connectivity index (χ1v) is 6.04. The van der Waals surface area contributed by atoms with Gasteiger partial charge in [0.1, 0.15) is 0 Å². The van der Waals surface area contributed by atoms with Crippen molar-refractivity contribution in [3.8, 4) is 0 Å². The standard InChI is InChI=1S/C7H11N2O6P/c1-3-14-16(13,15-4-2)9-6(11)5(10)8-7(9)12/h3-4H2,1-2H3,(H,8,10,12). The molecule has 0 saturated carbocycles. The Morgan fingerprint density at radius 1 is 1.19 bits per heavy atom. The molecule has 1 aliphatic rings. The summed E-state index contributed by atoms with van der Waals surface area (Å²) < 4.78 is 21.8. The van der Waals surface area contributed by atoms with E-state index < -0.39 is 25.6 Å². The number of imide groups is 2. The first-order valence-electron chi connectivity index (χ1n) is 4.55. The fraction of sp³-hybridized carbons (Fsp3) is 0.571. The van der Waals surface area contributed by atoms with Crippen molar-refractivity contribution in [2.24, 2.45) is 0 Å². The zero-order chi connectivity index (χ0) is 12.3. The second-order valence-electron chi connectivity index (χ2n) is 2.68. The first-order chi connectivity index (χ1) is 7.46. The van der Waals surface area contributed by atoms with Crippen LogP contribution in [0.3, 0.4) is 0 Å². The number of urea groups is 1. The molecule has 0 aromatic carbocycles. The number of nitrogens with zero attached hydrogens (tertiary/aromatic N) is 1. The van der Waals surface area contributed by atoms with Crippen LogP contribution >= 0.6 is 7.75 Å². The lowest BCUT2D eigenvalue weighted by atomic mass is 10.6. The van der Waals surface area contributed by atoms with Crippen LogP contribution < -0.4 is 5.32 Å². The van der Waals surface area contributed by atoms with Crippen molar-refractivity contribution in [3.05, 3.63) is 0 Å². The Morgan fingerprint density at radius 3 is 2.00 bits per heavy atom. The Bertz CT molecular complexity index is 371. The summed E-state index contributed by atoms with van der Waals surface area (Å²) in [7, 11) is -4.07. The highest BCUT2D eigenvalue weighted by molar-refractivity contribution is 7.53. The van der Waals surface area contributed by atoms with Gasteiger partial charge in [0.15, 0.2) is 0 Å². The maximum atomic E-state index is 12.0. The van der Waals surface area contributed by atoms with Crippen LogP contribution in [0.1, 0.15) is 13.8 Å². The fourth-order valence-electron chi connectivity index (χ4n) is 1.09. The van der Waals surface area contributed by atoms with Gasteiger partial charge in [-0.15, -0.1) is 0 Å². The Hall–Kier alpha value is -1.24. The Balaban J connectivity index is 3.03. The number of hydrogen-bond donors (Lipinski definition) is 1. The molecule has 1 rings (SSSR count). The molecule has 0 aromatic rings. The smallest absolute Gasteiger partial charge is 0.292 e. The summed E-state index contributed by atoms with van der Waals surface area (Å²) in [6, 6.07) is -1.10. The van der Waals surface area contributed by atoms with E-state index in [9.17, 15) is 18.9 Å². The van der Waals surface area contributed by atoms with Crippen LogP contribution in [0.4, 0.5) is 4.79 Å². The minimum atomic E-state index is -4.07. The molecule has 9 heteroatoms. The van der Waals surface area contributed by atoms with E-state index in [0.29, 0.717) is 0 Å². The van der Waals surface area contributed by atoms with Crippen LogP contribution in [-0.4, -0.2) is 35.7 Å². The second kappa shape index (κ2) is 4.73. The number of rotatable bonds is 5. The highest BCUT2D eigenvalue weighted by Gasteiger charge is 2.50. The first kappa shape index (κ1) is 12.8. The summed E-state index contributed by atoms with van der Waals surface area (Å²) in [6.07, 6.45) is 0. The largest absolute Gasteiger partial charge is 0.446 e. The fourth-order valence-corrected chi connectivity index (χ4v) is 2.64. The Labute approximate surface area is 91.5 Å². The van der Waals surface area contributed by atoms with Gasteiger partial charge < -0.3 is 0 Å². The van der Waals surface area contributed by atoms with Crippen molar-refractivity contribution >= 4 is 25.6 Å². The van der Waals surface area contributed by atoms with Crippen LogP contribution in [0, 0.1) is 0 Å². The van der Waals surface area contributed by atoms with Gasteiger partial charge in [-0.05, 0) is 13.8 Å². The van der Waals surface area contributed by atoms with Crippen LogP contribution in [0.25, 0.3) is 0 Å². The molecule has 1 heterocycles. The number of hydrogen-bond acceptors (Lipinski definition) is 6. The van der Waals surface area contributed by atoms with Gasteiger partial charge in [0, 0.05) is 0 Å². The molecule has 16 heavy (non-hydrogen) atoms. The molecule has 0 unspecified atom stereocenters. The molecule has 0 aromatic heterocycles. The highest BCUT2D eigenvalue weighted by Crippen LogP contribution is 2.52. The maximum absolute atomic E-state index is 12.0. The van der Waals surface area contributed by atoms with E-state index in [1.165, 1.54) is 13.8 Å². The molecule has 4 amide bonds. The predicted octanol–water partition coefficient (Wildman–Crippen LogP) is 0.246. The van der Waals surface area contributed by atoms with E-state index in [-0.39, 0.29) is 17.9 Å². The van der Waals surface area contributed by atoms with Crippen molar-refractivity contribution in [2.75, 3.05) is 13.2 Å². The van der Waals surface area contributed by atoms with Crippen LogP contribution in [0.15, 0.2) is 0 Å². The molecule has 0 atom stereocenters.